The zero-order valence-corrected chi connectivity index (χ0v) is 13.2. The van der Waals surface area contributed by atoms with Gasteiger partial charge in [0.15, 0.2) is 6.61 Å². The standard InChI is InChI=1S/C16H15N3O6/c1-11-2-5-14(25-11)8-9-15(20)17-18-16(21)10-24-13-6-3-12(4-7-13)19(22)23/h2-9H,10H2,1H3,(H,17,20)(H,18,21). The zero-order valence-electron chi connectivity index (χ0n) is 13.2. The smallest absolute Gasteiger partial charge is 0.276 e. The molecule has 2 N–H and O–H groups in total. The summed E-state index contributed by atoms with van der Waals surface area (Å²) in [4.78, 5) is 33.1. The van der Waals surface area contributed by atoms with Crippen LogP contribution in [0.2, 0.25) is 0 Å². The second kappa shape index (κ2) is 8.29. The molecule has 0 atom stereocenters. The molecule has 1 aromatic heterocycles. The fourth-order valence-electron chi connectivity index (χ4n) is 1.72. The summed E-state index contributed by atoms with van der Waals surface area (Å²) in [6.45, 7) is 1.42. The Balaban J connectivity index is 1.72. The molecule has 25 heavy (non-hydrogen) atoms. The fourth-order valence-corrected chi connectivity index (χ4v) is 1.72. The number of nitrogens with zero attached hydrogens (tertiary/aromatic N) is 1. The number of benzene rings is 1. The van der Waals surface area contributed by atoms with Gasteiger partial charge in [0.1, 0.15) is 17.3 Å². The number of aryl methyl sites for hydroxylation is 1. The summed E-state index contributed by atoms with van der Waals surface area (Å²) in [5.74, 6) is 0.393. The Kier molecular flexibility index (Phi) is 5.88. The summed E-state index contributed by atoms with van der Waals surface area (Å²) in [5, 5.41) is 10.5. The molecule has 0 saturated heterocycles. The van der Waals surface area contributed by atoms with E-state index in [4.69, 9.17) is 9.15 Å². The summed E-state index contributed by atoms with van der Waals surface area (Å²) >= 11 is 0. The van der Waals surface area contributed by atoms with Crippen molar-refractivity contribution in [2.24, 2.45) is 0 Å². The van der Waals surface area contributed by atoms with E-state index in [1.54, 1.807) is 19.1 Å². The minimum atomic E-state index is -0.589. The Morgan fingerprint density at radius 3 is 2.52 bits per heavy atom. The third-order valence-corrected chi connectivity index (χ3v) is 2.90. The monoisotopic (exact) mass is 345 g/mol. The van der Waals surface area contributed by atoms with Crippen LogP contribution in [-0.4, -0.2) is 23.3 Å². The second-order valence-electron chi connectivity index (χ2n) is 4.86. The lowest BCUT2D eigenvalue weighted by Gasteiger charge is -2.07. The van der Waals surface area contributed by atoms with Gasteiger partial charge in [0.25, 0.3) is 17.5 Å². The van der Waals surface area contributed by atoms with Gasteiger partial charge in [0.05, 0.1) is 4.92 Å². The first-order chi connectivity index (χ1) is 11.9. The zero-order chi connectivity index (χ0) is 18.2. The number of rotatable bonds is 6. The van der Waals surface area contributed by atoms with Gasteiger partial charge in [-0.05, 0) is 37.3 Å². The Bertz CT molecular complexity index is 794. The van der Waals surface area contributed by atoms with Crippen LogP contribution in [0.5, 0.6) is 5.75 Å². The summed E-state index contributed by atoms with van der Waals surface area (Å²) in [6.07, 6.45) is 2.66. The average molecular weight is 345 g/mol. The lowest BCUT2D eigenvalue weighted by Crippen LogP contribution is -2.43. The molecule has 0 radical (unpaired) electrons. The van der Waals surface area contributed by atoms with Crippen molar-refractivity contribution in [3.8, 4) is 5.75 Å². The number of furan rings is 1. The number of non-ortho nitro benzene ring substituents is 1. The van der Waals surface area contributed by atoms with Gasteiger partial charge in [-0.15, -0.1) is 0 Å². The van der Waals surface area contributed by atoms with E-state index in [1.807, 2.05) is 0 Å². The Hall–Kier alpha value is -3.62. The van der Waals surface area contributed by atoms with Gasteiger partial charge < -0.3 is 9.15 Å². The highest BCUT2D eigenvalue weighted by atomic mass is 16.6. The van der Waals surface area contributed by atoms with Crippen molar-refractivity contribution < 1.29 is 23.7 Å². The van der Waals surface area contributed by atoms with Crippen molar-refractivity contribution in [2.75, 3.05) is 6.61 Å². The highest BCUT2D eigenvalue weighted by Gasteiger charge is 2.07. The highest BCUT2D eigenvalue weighted by molar-refractivity contribution is 5.92. The van der Waals surface area contributed by atoms with Gasteiger partial charge >= 0.3 is 0 Å². The first-order valence-electron chi connectivity index (χ1n) is 7.14. The van der Waals surface area contributed by atoms with Crippen LogP contribution in [0.15, 0.2) is 46.9 Å². The maximum Gasteiger partial charge on any atom is 0.276 e. The molecule has 0 aliphatic heterocycles. The minimum Gasteiger partial charge on any atom is -0.484 e. The molecule has 2 amide bonds. The molecule has 0 saturated carbocycles. The molecule has 0 aliphatic rings. The summed E-state index contributed by atoms with van der Waals surface area (Å²) in [6, 6.07) is 8.73. The maximum absolute atomic E-state index is 11.6. The molecule has 0 fully saturated rings. The van der Waals surface area contributed by atoms with E-state index < -0.39 is 16.7 Å². The highest BCUT2D eigenvalue weighted by Crippen LogP contribution is 2.16. The number of amides is 2. The molecular formula is C16H15N3O6. The number of ether oxygens (including phenoxy) is 1. The van der Waals surface area contributed by atoms with E-state index in [2.05, 4.69) is 10.9 Å². The predicted molar refractivity (Wildman–Crippen MR) is 87.4 cm³/mol. The van der Waals surface area contributed by atoms with Crippen LogP contribution in [0.3, 0.4) is 0 Å². The molecule has 0 spiro atoms. The van der Waals surface area contributed by atoms with Crippen LogP contribution in [-0.2, 0) is 9.59 Å². The number of nitro benzene ring substituents is 1. The van der Waals surface area contributed by atoms with Crippen LogP contribution in [0, 0.1) is 17.0 Å². The van der Waals surface area contributed by atoms with Crippen molar-refractivity contribution in [1.82, 2.24) is 10.9 Å². The Morgan fingerprint density at radius 1 is 1.20 bits per heavy atom. The maximum atomic E-state index is 11.6. The van der Waals surface area contributed by atoms with Gasteiger partial charge in [0, 0.05) is 18.2 Å². The number of hydrazine groups is 1. The molecule has 1 aromatic carbocycles. The topological polar surface area (TPSA) is 124 Å². The van der Waals surface area contributed by atoms with Crippen molar-refractivity contribution in [1.29, 1.82) is 0 Å². The number of hydrogen-bond acceptors (Lipinski definition) is 6. The fraction of sp³-hybridized carbons (Fsp3) is 0.125. The van der Waals surface area contributed by atoms with Gasteiger partial charge in [-0.2, -0.15) is 0 Å². The summed E-state index contributed by atoms with van der Waals surface area (Å²) in [7, 11) is 0. The number of hydrogen-bond donors (Lipinski definition) is 2. The van der Waals surface area contributed by atoms with Crippen LogP contribution in [0.1, 0.15) is 11.5 Å². The molecule has 0 aliphatic carbocycles. The molecule has 9 heteroatoms. The van der Waals surface area contributed by atoms with Crippen LogP contribution < -0.4 is 15.6 Å². The largest absolute Gasteiger partial charge is 0.484 e. The number of nitro groups is 1. The minimum absolute atomic E-state index is 0.0809. The summed E-state index contributed by atoms with van der Waals surface area (Å²) in [5.41, 5.74) is 4.27. The van der Waals surface area contributed by atoms with E-state index in [9.17, 15) is 19.7 Å². The van der Waals surface area contributed by atoms with Crippen LogP contribution in [0.4, 0.5) is 5.69 Å². The van der Waals surface area contributed by atoms with E-state index in [0.717, 1.165) is 5.76 Å². The quantitative estimate of drug-likeness (QED) is 0.467. The summed E-state index contributed by atoms with van der Waals surface area (Å²) < 4.78 is 10.4. The lowest BCUT2D eigenvalue weighted by atomic mass is 10.3. The van der Waals surface area contributed by atoms with Crippen molar-refractivity contribution >= 4 is 23.6 Å². The first kappa shape index (κ1) is 17.7. The van der Waals surface area contributed by atoms with Gasteiger partial charge in [0.2, 0.25) is 0 Å². The van der Waals surface area contributed by atoms with Gasteiger partial charge in [-0.3, -0.25) is 30.6 Å². The molecule has 9 nitrogen and oxygen atoms in total. The normalized spacial score (nSPS) is 10.4. The molecule has 2 aromatic rings. The van der Waals surface area contributed by atoms with Crippen LogP contribution >= 0.6 is 0 Å². The predicted octanol–water partition coefficient (Wildman–Crippen LogP) is 1.74. The average Bonchev–Trinajstić information content (AvgIpc) is 3.02. The van der Waals surface area contributed by atoms with E-state index >= 15 is 0 Å². The first-order valence-corrected chi connectivity index (χ1v) is 7.14. The van der Waals surface area contributed by atoms with Crippen molar-refractivity contribution in [3.63, 3.8) is 0 Å². The molecule has 130 valence electrons. The number of nitrogens with one attached hydrogen (secondary N) is 2. The van der Waals surface area contributed by atoms with Crippen LogP contribution in [0.25, 0.3) is 6.08 Å². The third kappa shape index (κ3) is 5.82. The lowest BCUT2D eigenvalue weighted by molar-refractivity contribution is -0.384. The second-order valence-corrected chi connectivity index (χ2v) is 4.86. The van der Waals surface area contributed by atoms with E-state index in [1.165, 1.54) is 36.4 Å². The van der Waals surface area contributed by atoms with Gasteiger partial charge in [-0.1, -0.05) is 0 Å². The van der Waals surface area contributed by atoms with E-state index in [-0.39, 0.29) is 12.3 Å². The Labute approximate surface area is 142 Å². The number of carbonyl (C=O) groups excluding carboxylic acids is 2. The molecule has 2 rings (SSSR count). The Morgan fingerprint density at radius 2 is 1.92 bits per heavy atom. The van der Waals surface area contributed by atoms with Crippen molar-refractivity contribution in [3.05, 3.63) is 64.1 Å². The van der Waals surface area contributed by atoms with Crippen molar-refractivity contribution in [2.45, 2.75) is 6.92 Å². The molecular weight excluding hydrogens is 330 g/mol. The van der Waals surface area contributed by atoms with Gasteiger partial charge in [-0.25, -0.2) is 0 Å². The molecule has 1 heterocycles. The molecule has 0 bridgehead atoms. The number of carbonyl (C=O) groups is 2. The van der Waals surface area contributed by atoms with E-state index in [0.29, 0.717) is 11.5 Å². The third-order valence-electron chi connectivity index (χ3n) is 2.90. The molecule has 0 unspecified atom stereocenters. The SMILES string of the molecule is Cc1ccc(C=CC(=O)NNC(=O)COc2ccc([N+](=O)[O-])cc2)o1.